The van der Waals surface area contributed by atoms with Gasteiger partial charge in [0, 0.05) is 19.1 Å². The van der Waals surface area contributed by atoms with Crippen LogP contribution in [0.5, 0.6) is 0 Å². The van der Waals surface area contributed by atoms with Crippen molar-refractivity contribution in [3.05, 3.63) is 29.6 Å². The van der Waals surface area contributed by atoms with Crippen LogP contribution in [0.2, 0.25) is 0 Å². The molecule has 0 spiro atoms. The molecule has 19 heavy (non-hydrogen) atoms. The van der Waals surface area contributed by atoms with E-state index in [1.54, 1.807) is 6.07 Å². The molecule has 3 rings (SSSR count). The minimum atomic E-state index is -0.0851. The summed E-state index contributed by atoms with van der Waals surface area (Å²) in [6.07, 6.45) is 4.75. The van der Waals surface area contributed by atoms with Crippen LogP contribution in [0.15, 0.2) is 18.2 Å². The third-order valence-corrected chi connectivity index (χ3v) is 4.64. The molecule has 1 saturated heterocycles. The molecule has 0 amide bonds. The second-order valence-electron chi connectivity index (χ2n) is 6.32. The SMILES string of the molecule is CC(N)Cc1ccc(N2CC3CCCC3C2)c(F)c1. The van der Waals surface area contributed by atoms with Gasteiger partial charge in [-0.2, -0.15) is 0 Å². The predicted molar refractivity (Wildman–Crippen MR) is 76.8 cm³/mol. The number of anilines is 1. The third-order valence-electron chi connectivity index (χ3n) is 4.64. The van der Waals surface area contributed by atoms with Gasteiger partial charge in [0.25, 0.3) is 0 Å². The van der Waals surface area contributed by atoms with Crippen LogP contribution in [-0.2, 0) is 6.42 Å². The van der Waals surface area contributed by atoms with Gasteiger partial charge in [0.2, 0.25) is 0 Å². The second-order valence-corrected chi connectivity index (χ2v) is 6.32. The van der Waals surface area contributed by atoms with Gasteiger partial charge >= 0.3 is 0 Å². The van der Waals surface area contributed by atoms with E-state index in [1.807, 2.05) is 19.1 Å². The van der Waals surface area contributed by atoms with Gasteiger partial charge in [-0.25, -0.2) is 4.39 Å². The van der Waals surface area contributed by atoms with Gasteiger partial charge in [0.15, 0.2) is 0 Å². The van der Waals surface area contributed by atoms with Gasteiger partial charge < -0.3 is 10.6 Å². The third kappa shape index (κ3) is 2.62. The molecular weight excluding hydrogens is 239 g/mol. The highest BCUT2D eigenvalue weighted by atomic mass is 19.1. The summed E-state index contributed by atoms with van der Waals surface area (Å²) < 4.78 is 14.2. The number of nitrogens with zero attached hydrogens (tertiary/aromatic N) is 1. The van der Waals surface area contributed by atoms with Gasteiger partial charge in [0.1, 0.15) is 5.82 Å². The van der Waals surface area contributed by atoms with E-state index in [9.17, 15) is 4.39 Å². The molecule has 1 aliphatic heterocycles. The molecule has 1 aliphatic carbocycles. The maximum Gasteiger partial charge on any atom is 0.146 e. The summed E-state index contributed by atoms with van der Waals surface area (Å²) >= 11 is 0. The quantitative estimate of drug-likeness (QED) is 0.907. The van der Waals surface area contributed by atoms with Crippen molar-refractivity contribution in [2.75, 3.05) is 18.0 Å². The van der Waals surface area contributed by atoms with Gasteiger partial charge in [-0.05, 0) is 55.7 Å². The van der Waals surface area contributed by atoms with Crippen LogP contribution in [0.25, 0.3) is 0 Å². The van der Waals surface area contributed by atoms with E-state index in [-0.39, 0.29) is 11.9 Å². The Labute approximate surface area is 114 Å². The van der Waals surface area contributed by atoms with Gasteiger partial charge in [-0.15, -0.1) is 0 Å². The largest absolute Gasteiger partial charge is 0.369 e. The molecule has 104 valence electrons. The van der Waals surface area contributed by atoms with Crippen LogP contribution in [0.1, 0.15) is 31.7 Å². The Hall–Kier alpha value is -1.09. The van der Waals surface area contributed by atoms with Gasteiger partial charge in [-0.3, -0.25) is 0 Å². The van der Waals surface area contributed by atoms with E-state index in [1.165, 1.54) is 19.3 Å². The van der Waals surface area contributed by atoms with Gasteiger partial charge in [0.05, 0.1) is 5.69 Å². The molecule has 1 aromatic carbocycles. The maximum absolute atomic E-state index is 14.2. The average Bonchev–Trinajstić information content (AvgIpc) is 2.88. The van der Waals surface area contributed by atoms with Crippen molar-refractivity contribution in [1.29, 1.82) is 0 Å². The zero-order valence-corrected chi connectivity index (χ0v) is 11.6. The minimum absolute atomic E-state index is 0.0800. The molecule has 0 aromatic heterocycles. The Bertz CT molecular complexity index is 446. The molecule has 0 radical (unpaired) electrons. The van der Waals surface area contributed by atoms with Crippen LogP contribution in [0.3, 0.4) is 0 Å². The van der Waals surface area contributed by atoms with Gasteiger partial charge in [-0.1, -0.05) is 12.5 Å². The van der Waals surface area contributed by atoms with E-state index in [2.05, 4.69) is 4.90 Å². The normalized spacial score (nSPS) is 27.6. The van der Waals surface area contributed by atoms with E-state index in [0.29, 0.717) is 0 Å². The van der Waals surface area contributed by atoms with Crippen LogP contribution in [0, 0.1) is 17.7 Å². The van der Waals surface area contributed by atoms with E-state index < -0.39 is 0 Å². The van der Waals surface area contributed by atoms with E-state index >= 15 is 0 Å². The lowest BCUT2D eigenvalue weighted by molar-refractivity contribution is 0.494. The number of nitrogens with two attached hydrogens (primary N) is 1. The molecule has 3 atom stereocenters. The van der Waals surface area contributed by atoms with Crippen LogP contribution in [-0.4, -0.2) is 19.1 Å². The van der Waals surface area contributed by atoms with E-state index in [0.717, 1.165) is 42.6 Å². The zero-order valence-electron chi connectivity index (χ0n) is 11.6. The fourth-order valence-electron chi connectivity index (χ4n) is 3.74. The number of benzene rings is 1. The molecule has 2 N–H and O–H groups in total. The smallest absolute Gasteiger partial charge is 0.146 e. The molecule has 3 unspecified atom stereocenters. The topological polar surface area (TPSA) is 29.3 Å². The summed E-state index contributed by atoms with van der Waals surface area (Å²) in [5, 5.41) is 0. The average molecular weight is 262 g/mol. The van der Waals surface area contributed by atoms with Crippen molar-refractivity contribution in [1.82, 2.24) is 0 Å². The second kappa shape index (κ2) is 5.12. The summed E-state index contributed by atoms with van der Waals surface area (Å²) in [6.45, 7) is 4.02. The lowest BCUT2D eigenvalue weighted by Gasteiger charge is -2.21. The molecular formula is C16H23FN2. The Balaban J connectivity index is 1.75. The summed E-state index contributed by atoms with van der Waals surface area (Å²) in [7, 11) is 0. The van der Waals surface area contributed by atoms with Crippen molar-refractivity contribution in [3.8, 4) is 0 Å². The molecule has 2 fully saturated rings. The monoisotopic (exact) mass is 262 g/mol. The summed E-state index contributed by atoms with van der Waals surface area (Å²) in [5.74, 6) is 1.50. The van der Waals surface area contributed by atoms with Crippen LogP contribution >= 0.6 is 0 Å². The van der Waals surface area contributed by atoms with Crippen molar-refractivity contribution in [3.63, 3.8) is 0 Å². The molecule has 3 heteroatoms. The first-order chi connectivity index (χ1) is 9.13. The summed E-state index contributed by atoms with van der Waals surface area (Å²) in [4.78, 5) is 2.24. The Kier molecular flexibility index (Phi) is 3.48. The standard InChI is InChI=1S/C16H23FN2/c1-11(18)7-12-5-6-16(15(17)8-12)19-9-13-3-2-4-14(13)10-19/h5-6,8,11,13-14H,2-4,7,9-10,18H2,1H3. The van der Waals surface area contributed by atoms with Crippen molar-refractivity contribution < 1.29 is 4.39 Å². The Morgan fingerprint density at radius 2 is 2.00 bits per heavy atom. The first-order valence-corrected chi connectivity index (χ1v) is 7.42. The van der Waals surface area contributed by atoms with Crippen molar-refractivity contribution in [2.24, 2.45) is 17.6 Å². The summed E-state index contributed by atoms with van der Waals surface area (Å²) in [5.41, 5.74) is 7.54. The number of hydrogen-bond acceptors (Lipinski definition) is 2. The number of hydrogen-bond donors (Lipinski definition) is 1. The Morgan fingerprint density at radius 3 is 2.58 bits per heavy atom. The molecule has 1 aromatic rings. The number of rotatable bonds is 3. The highest BCUT2D eigenvalue weighted by Crippen LogP contribution is 2.40. The van der Waals surface area contributed by atoms with E-state index in [4.69, 9.17) is 5.73 Å². The summed E-state index contributed by atoms with van der Waals surface area (Å²) in [6, 6.07) is 5.70. The fraction of sp³-hybridized carbons (Fsp3) is 0.625. The fourth-order valence-corrected chi connectivity index (χ4v) is 3.74. The molecule has 0 bridgehead atoms. The highest BCUT2D eigenvalue weighted by Gasteiger charge is 2.36. The van der Waals surface area contributed by atoms with Crippen LogP contribution in [0.4, 0.5) is 10.1 Å². The molecule has 1 saturated carbocycles. The van der Waals surface area contributed by atoms with Crippen LogP contribution < -0.4 is 10.6 Å². The lowest BCUT2D eigenvalue weighted by atomic mass is 10.0. The number of fused-ring (bicyclic) bond motifs is 1. The first-order valence-electron chi connectivity index (χ1n) is 7.42. The molecule has 2 aliphatic rings. The van der Waals surface area contributed by atoms with Crippen molar-refractivity contribution in [2.45, 2.75) is 38.6 Å². The molecule has 2 nitrogen and oxygen atoms in total. The maximum atomic E-state index is 14.2. The zero-order chi connectivity index (χ0) is 13.4. The lowest BCUT2D eigenvalue weighted by Crippen LogP contribution is -2.22. The predicted octanol–water partition coefficient (Wildman–Crippen LogP) is 2.95. The first kappa shape index (κ1) is 12.9. The Morgan fingerprint density at radius 1 is 1.32 bits per heavy atom. The molecule has 1 heterocycles. The van der Waals surface area contributed by atoms with Crippen molar-refractivity contribution >= 4 is 5.69 Å². The highest BCUT2D eigenvalue weighted by molar-refractivity contribution is 5.50. The number of halogens is 1. The minimum Gasteiger partial charge on any atom is -0.369 e.